The third-order valence-electron chi connectivity index (χ3n) is 2.39. The van der Waals surface area contributed by atoms with E-state index in [2.05, 4.69) is 12.1 Å². The average molecular weight is 182 g/mol. The van der Waals surface area contributed by atoms with Crippen molar-refractivity contribution in [2.75, 3.05) is 0 Å². The summed E-state index contributed by atoms with van der Waals surface area (Å²) < 4.78 is 0. The van der Waals surface area contributed by atoms with Crippen LogP contribution in [0.15, 0.2) is 24.3 Å². The SMILES string of the molecule is NC1CC1Cc1ccc(Cl)cc1. The Morgan fingerprint density at radius 1 is 1.33 bits per heavy atom. The lowest BCUT2D eigenvalue weighted by Crippen LogP contribution is -2.03. The molecule has 12 heavy (non-hydrogen) atoms. The fourth-order valence-electron chi connectivity index (χ4n) is 1.43. The van der Waals surface area contributed by atoms with E-state index in [1.165, 1.54) is 12.0 Å². The molecule has 0 spiro atoms. The zero-order chi connectivity index (χ0) is 8.55. The summed E-state index contributed by atoms with van der Waals surface area (Å²) in [7, 11) is 0. The highest BCUT2D eigenvalue weighted by Gasteiger charge is 2.32. The van der Waals surface area contributed by atoms with E-state index < -0.39 is 0 Å². The van der Waals surface area contributed by atoms with E-state index in [-0.39, 0.29) is 0 Å². The van der Waals surface area contributed by atoms with Crippen molar-refractivity contribution in [1.82, 2.24) is 0 Å². The highest BCUT2D eigenvalue weighted by atomic mass is 35.5. The Bertz CT molecular complexity index is 268. The van der Waals surface area contributed by atoms with Gasteiger partial charge < -0.3 is 5.73 Å². The van der Waals surface area contributed by atoms with E-state index in [1.807, 2.05) is 12.1 Å². The summed E-state index contributed by atoms with van der Waals surface area (Å²) in [6.07, 6.45) is 2.29. The summed E-state index contributed by atoms with van der Waals surface area (Å²) in [4.78, 5) is 0. The molecular weight excluding hydrogens is 170 g/mol. The lowest BCUT2D eigenvalue weighted by atomic mass is 10.1. The maximum Gasteiger partial charge on any atom is 0.0406 e. The molecule has 0 heterocycles. The van der Waals surface area contributed by atoms with Gasteiger partial charge in [-0.15, -0.1) is 0 Å². The second kappa shape index (κ2) is 3.08. The van der Waals surface area contributed by atoms with Gasteiger partial charge in [-0.25, -0.2) is 0 Å². The van der Waals surface area contributed by atoms with E-state index in [0.29, 0.717) is 12.0 Å². The van der Waals surface area contributed by atoms with Crippen molar-refractivity contribution in [2.45, 2.75) is 18.9 Å². The van der Waals surface area contributed by atoms with Crippen molar-refractivity contribution in [3.05, 3.63) is 34.9 Å². The summed E-state index contributed by atoms with van der Waals surface area (Å²) >= 11 is 5.77. The average Bonchev–Trinajstić information content (AvgIpc) is 2.72. The first-order chi connectivity index (χ1) is 5.75. The Labute approximate surface area is 77.5 Å². The highest BCUT2D eigenvalue weighted by molar-refractivity contribution is 6.30. The van der Waals surface area contributed by atoms with E-state index >= 15 is 0 Å². The topological polar surface area (TPSA) is 26.0 Å². The standard InChI is InChI=1S/C10H12ClN/c11-9-3-1-7(2-4-9)5-8-6-10(8)12/h1-4,8,10H,5-6,12H2. The minimum atomic E-state index is 0.445. The molecule has 0 radical (unpaired) electrons. The van der Waals surface area contributed by atoms with Gasteiger partial charge in [-0.1, -0.05) is 23.7 Å². The number of hydrogen-bond acceptors (Lipinski definition) is 1. The third kappa shape index (κ3) is 1.79. The second-order valence-electron chi connectivity index (χ2n) is 3.49. The molecule has 2 rings (SSSR count). The van der Waals surface area contributed by atoms with Crippen LogP contribution in [0.4, 0.5) is 0 Å². The highest BCUT2D eigenvalue weighted by Crippen LogP contribution is 2.31. The van der Waals surface area contributed by atoms with Gasteiger partial charge in [-0.05, 0) is 36.5 Å². The predicted octanol–water partition coefficient (Wildman–Crippen LogP) is 2.23. The second-order valence-corrected chi connectivity index (χ2v) is 3.93. The van der Waals surface area contributed by atoms with Crippen LogP contribution < -0.4 is 5.73 Å². The quantitative estimate of drug-likeness (QED) is 0.744. The summed E-state index contributed by atoms with van der Waals surface area (Å²) in [5.41, 5.74) is 7.06. The van der Waals surface area contributed by atoms with Gasteiger partial charge in [-0.3, -0.25) is 0 Å². The molecule has 1 saturated carbocycles. The van der Waals surface area contributed by atoms with Gasteiger partial charge in [0, 0.05) is 11.1 Å². The summed E-state index contributed by atoms with van der Waals surface area (Å²) in [6, 6.07) is 8.47. The normalized spacial score (nSPS) is 27.2. The first kappa shape index (κ1) is 8.09. The van der Waals surface area contributed by atoms with Crippen LogP contribution in [0.1, 0.15) is 12.0 Å². The van der Waals surface area contributed by atoms with Gasteiger partial charge in [0.2, 0.25) is 0 Å². The maximum atomic E-state index is 5.77. The van der Waals surface area contributed by atoms with Gasteiger partial charge in [0.25, 0.3) is 0 Å². The molecule has 0 bridgehead atoms. The minimum Gasteiger partial charge on any atom is -0.327 e. The molecule has 2 N–H and O–H groups in total. The lowest BCUT2D eigenvalue weighted by molar-refractivity contribution is 0.786. The molecule has 2 heteroatoms. The van der Waals surface area contributed by atoms with E-state index in [1.54, 1.807) is 0 Å². The first-order valence-electron chi connectivity index (χ1n) is 4.26. The fourth-order valence-corrected chi connectivity index (χ4v) is 1.55. The molecule has 2 unspecified atom stereocenters. The van der Waals surface area contributed by atoms with Crippen molar-refractivity contribution in [2.24, 2.45) is 11.7 Å². The van der Waals surface area contributed by atoms with Gasteiger partial charge in [0.1, 0.15) is 0 Å². The van der Waals surface area contributed by atoms with Crippen LogP contribution in [0.3, 0.4) is 0 Å². The van der Waals surface area contributed by atoms with Crippen LogP contribution in [0.25, 0.3) is 0 Å². The Morgan fingerprint density at radius 3 is 2.42 bits per heavy atom. The van der Waals surface area contributed by atoms with Gasteiger partial charge >= 0.3 is 0 Å². The van der Waals surface area contributed by atoms with Crippen LogP contribution >= 0.6 is 11.6 Å². The van der Waals surface area contributed by atoms with E-state index in [0.717, 1.165) is 11.4 Å². The zero-order valence-corrected chi connectivity index (χ0v) is 7.59. The molecule has 1 aliphatic carbocycles. The molecule has 0 amide bonds. The van der Waals surface area contributed by atoms with Gasteiger partial charge in [-0.2, -0.15) is 0 Å². The fraction of sp³-hybridized carbons (Fsp3) is 0.400. The van der Waals surface area contributed by atoms with Crippen LogP contribution in [0.5, 0.6) is 0 Å². The molecule has 1 nitrogen and oxygen atoms in total. The maximum absolute atomic E-state index is 5.77. The Kier molecular flexibility index (Phi) is 2.07. The van der Waals surface area contributed by atoms with Gasteiger partial charge in [0.15, 0.2) is 0 Å². The molecular formula is C10H12ClN. The molecule has 1 aliphatic rings. The van der Waals surface area contributed by atoms with Crippen LogP contribution in [0.2, 0.25) is 5.02 Å². The summed E-state index contributed by atoms with van der Waals surface area (Å²) in [6.45, 7) is 0. The van der Waals surface area contributed by atoms with E-state index in [4.69, 9.17) is 17.3 Å². The number of nitrogens with two attached hydrogens (primary N) is 1. The summed E-state index contributed by atoms with van der Waals surface area (Å²) in [5.74, 6) is 0.714. The number of halogens is 1. The third-order valence-corrected chi connectivity index (χ3v) is 2.64. The minimum absolute atomic E-state index is 0.445. The Hall–Kier alpha value is -0.530. The predicted molar refractivity (Wildman–Crippen MR) is 51.2 cm³/mol. The monoisotopic (exact) mass is 181 g/mol. The number of benzene rings is 1. The summed E-state index contributed by atoms with van der Waals surface area (Å²) in [5, 5.41) is 0.804. The molecule has 0 aliphatic heterocycles. The molecule has 1 aromatic rings. The van der Waals surface area contributed by atoms with E-state index in [9.17, 15) is 0 Å². The number of rotatable bonds is 2. The van der Waals surface area contributed by atoms with Crippen molar-refractivity contribution < 1.29 is 0 Å². The molecule has 64 valence electrons. The molecule has 2 atom stereocenters. The van der Waals surface area contributed by atoms with Crippen LogP contribution in [0, 0.1) is 5.92 Å². The Balaban J connectivity index is 2.00. The van der Waals surface area contributed by atoms with Crippen LogP contribution in [-0.4, -0.2) is 6.04 Å². The van der Waals surface area contributed by atoms with Crippen LogP contribution in [-0.2, 0) is 6.42 Å². The van der Waals surface area contributed by atoms with Crippen molar-refractivity contribution in [3.8, 4) is 0 Å². The first-order valence-corrected chi connectivity index (χ1v) is 4.63. The van der Waals surface area contributed by atoms with Crippen molar-refractivity contribution >= 4 is 11.6 Å². The van der Waals surface area contributed by atoms with Crippen molar-refractivity contribution in [3.63, 3.8) is 0 Å². The van der Waals surface area contributed by atoms with Crippen molar-refractivity contribution in [1.29, 1.82) is 0 Å². The molecule has 0 saturated heterocycles. The molecule has 0 aromatic heterocycles. The Morgan fingerprint density at radius 2 is 1.92 bits per heavy atom. The molecule has 1 aromatic carbocycles. The lowest BCUT2D eigenvalue weighted by Gasteiger charge is -1.98. The van der Waals surface area contributed by atoms with Gasteiger partial charge in [0.05, 0.1) is 0 Å². The number of hydrogen-bond donors (Lipinski definition) is 1. The molecule has 1 fully saturated rings. The smallest absolute Gasteiger partial charge is 0.0406 e. The zero-order valence-electron chi connectivity index (χ0n) is 6.83. The largest absolute Gasteiger partial charge is 0.327 e.